The van der Waals surface area contributed by atoms with E-state index in [4.69, 9.17) is 10.3 Å². The molecule has 1 aromatic heterocycles. The molecule has 2 N–H and O–H groups in total. The molecule has 1 saturated carbocycles. The number of rotatable bonds is 3. The number of nitrogens with zero attached hydrogens (tertiary/aromatic N) is 2. The maximum absolute atomic E-state index is 5.99. The van der Waals surface area contributed by atoms with Gasteiger partial charge in [-0.15, -0.1) is 0 Å². The highest BCUT2D eigenvalue weighted by atomic mass is 16.5. The van der Waals surface area contributed by atoms with Crippen molar-refractivity contribution in [1.29, 1.82) is 0 Å². The van der Waals surface area contributed by atoms with Gasteiger partial charge in [-0.05, 0) is 26.7 Å². The van der Waals surface area contributed by atoms with E-state index in [9.17, 15) is 0 Å². The Morgan fingerprint density at radius 2 is 2.12 bits per heavy atom. The molecule has 0 saturated heterocycles. The third kappa shape index (κ3) is 2.26. The molecule has 0 spiro atoms. The molecule has 88 valence electrons. The predicted octanol–water partition coefficient (Wildman–Crippen LogP) is 2.34. The van der Waals surface area contributed by atoms with Crippen molar-refractivity contribution >= 4 is 5.84 Å². The third-order valence-corrected chi connectivity index (χ3v) is 3.37. The molecule has 4 nitrogen and oxygen atoms in total. The van der Waals surface area contributed by atoms with Crippen molar-refractivity contribution in [3.8, 4) is 0 Å². The molecule has 0 radical (unpaired) electrons. The van der Waals surface area contributed by atoms with Gasteiger partial charge in [-0.3, -0.25) is 4.99 Å². The molecule has 2 rings (SSSR count). The lowest BCUT2D eigenvalue weighted by atomic mass is 10.1. The lowest BCUT2D eigenvalue weighted by Gasteiger charge is -2.07. The molecule has 1 aliphatic rings. The number of aryl methyl sites for hydroxylation is 2. The topological polar surface area (TPSA) is 64.4 Å². The first-order chi connectivity index (χ1) is 7.68. The number of nitrogens with two attached hydrogens (primary N) is 1. The molecule has 1 fully saturated rings. The van der Waals surface area contributed by atoms with Crippen LogP contribution in [0, 0.1) is 19.8 Å². The van der Waals surface area contributed by atoms with E-state index in [1.165, 1.54) is 25.7 Å². The first kappa shape index (κ1) is 11.2. The summed E-state index contributed by atoms with van der Waals surface area (Å²) < 4.78 is 5.09. The van der Waals surface area contributed by atoms with Crippen LogP contribution in [0.4, 0.5) is 0 Å². The highest BCUT2D eigenvalue weighted by Crippen LogP contribution is 2.25. The summed E-state index contributed by atoms with van der Waals surface area (Å²) in [5.74, 6) is 2.15. The van der Waals surface area contributed by atoms with Crippen LogP contribution < -0.4 is 5.73 Å². The van der Waals surface area contributed by atoms with Crippen molar-refractivity contribution in [2.75, 3.05) is 0 Å². The summed E-state index contributed by atoms with van der Waals surface area (Å²) in [4.78, 5) is 4.46. The molecule has 0 amide bonds. The van der Waals surface area contributed by atoms with Crippen LogP contribution in [0.15, 0.2) is 9.52 Å². The Hall–Kier alpha value is -1.32. The first-order valence-electron chi connectivity index (χ1n) is 5.90. The fraction of sp³-hybridized carbons (Fsp3) is 0.667. The van der Waals surface area contributed by atoms with Gasteiger partial charge in [-0.25, -0.2) is 0 Å². The van der Waals surface area contributed by atoms with Crippen molar-refractivity contribution in [2.45, 2.75) is 46.1 Å². The summed E-state index contributed by atoms with van der Waals surface area (Å²) in [6.07, 6.45) is 4.95. The van der Waals surface area contributed by atoms with Gasteiger partial charge in [0, 0.05) is 11.5 Å². The number of aliphatic imine (C=N–C) groups is 1. The fourth-order valence-corrected chi connectivity index (χ4v) is 2.25. The zero-order valence-corrected chi connectivity index (χ0v) is 9.99. The Morgan fingerprint density at radius 1 is 1.44 bits per heavy atom. The smallest absolute Gasteiger partial charge is 0.138 e. The Kier molecular flexibility index (Phi) is 3.27. The summed E-state index contributed by atoms with van der Waals surface area (Å²) in [6, 6.07) is 0. The number of amidine groups is 1. The summed E-state index contributed by atoms with van der Waals surface area (Å²) in [5.41, 5.74) is 7.98. The lowest BCUT2D eigenvalue weighted by Crippen LogP contribution is -2.21. The normalized spacial score (nSPS) is 18.2. The van der Waals surface area contributed by atoms with Crippen LogP contribution in [0.2, 0.25) is 0 Å². The molecule has 0 unspecified atom stereocenters. The Bertz CT molecular complexity index is 369. The van der Waals surface area contributed by atoms with Crippen LogP contribution in [0.5, 0.6) is 0 Å². The Balaban J connectivity index is 2.02. The second-order valence-electron chi connectivity index (χ2n) is 4.53. The van der Waals surface area contributed by atoms with Crippen molar-refractivity contribution in [1.82, 2.24) is 5.16 Å². The van der Waals surface area contributed by atoms with E-state index < -0.39 is 0 Å². The van der Waals surface area contributed by atoms with E-state index in [0.717, 1.165) is 22.9 Å². The quantitative estimate of drug-likeness (QED) is 0.629. The number of aromatic nitrogens is 1. The highest BCUT2D eigenvalue weighted by Gasteiger charge is 2.18. The van der Waals surface area contributed by atoms with Gasteiger partial charge in [0.15, 0.2) is 0 Å². The van der Waals surface area contributed by atoms with Crippen LogP contribution in [-0.2, 0) is 6.54 Å². The van der Waals surface area contributed by atoms with Gasteiger partial charge in [-0.1, -0.05) is 18.0 Å². The molecule has 1 aliphatic carbocycles. The average Bonchev–Trinajstić information content (AvgIpc) is 2.87. The van der Waals surface area contributed by atoms with E-state index in [2.05, 4.69) is 10.1 Å². The van der Waals surface area contributed by atoms with Gasteiger partial charge in [0.25, 0.3) is 0 Å². The molecule has 0 aliphatic heterocycles. The molecular formula is C12H19N3O. The highest BCUT2D eigenvalue weighted by molar-refractivity contribution is 5.83. The Labute approximate surface area is 95.9 Å². The number of hydrogen-bond donors (Lipinski definition) is 1. The zero-order chi connectivity index (χ0) is 11.5. The minimum absolute atomic E-state index is 0.500. The van der Waals surface area contributed by atoms with Gasteiger partial charge in [0.1, 0.15) is 5.76 Å². The standard InChI is InChI=1S/C12H19N3O/c1-8-11(9(2)16-15-8)7-14-12(13)10-5-3-4-6-10/h10H,3-7H2,1-2H3,(H2,13,14). The van der Waals surface area contributed by atoms with Gasteiger partial charge < -0.3 is 10.3 Å². The maximum atomic E-state index is 5.99. The molecule has 1 heterocycles. The summed E-state index contributed by atoms with van der Waals surface area (Å²) in [7, 11) is 0. The van der Waals surface area contributed by atoms with Crippen LogP contribution in [0.1, 0.15) is 42.7 Å². The minimum Gasteiger partial charge on any atom is -0.387 e. The second-order valence-corrected chi connectivity index (χ2v) is 4.53. The van der Waals surface area contributed by atoms with Crippen LogP contribution in [-0.4, -0.2) is 11.0 Å². The van der Waals surface area contributed by atoms with E-state index in [1.54, 1.807) is 0 Å². The van der Waals surface area contributed by atoms with Gasteiger partial charge in [0.2, 0.25) is 0 Å². The predicted molar refractivity (Wildman–Crippen MR) is 63.3 cm³/mol. The summed E-state index contributed by atoms with van der Waals surface area (Å²) in [5, 5.41) is 3.91. The third-order valence-electron chi connectivity index (χ3n) is 3.37. The zero-order valence-electron chi connectivity index (χ0n) is 9.99. The van der Waals surface area contributed by atoms with Gasteiger partial charge >= 0.3 is 0 Å². The van der Waals surface area contributed by atoms with E-state index >= 15 is 0 Å². The molecule has 1 aromatic rings. The first-order valence-corrected chi connectivity index (χ1v) is 5.90. The minimum atomic E-state index is 0.500. The summed E-state index contributed by atoms with van der Waals surface area (Å²) >= 11 is 0. The fourth-order valence-electron chi connectivity index (χ4n) is 2.25. The lowest BCUT2D eigenvalue weighted by molar-refractivity contribution is 0.392. The number of hydrogen-bond acceptors (Lipinski definition) is 3. The van der Waals surface area contributed by atoms with E-state index in [1.807, 2.05) is 13.8 Å². The van der Waals surface area contributed by atoms with Crippen LogP contribution >= 0.6 is 0 Å². The maximum Gasteiger partial charge on any atom is 0.138 e. The molecular weight excluding hydrogens is 202 g/mol. The molecule has 0 atom stereocenters. The molecule has 16 heavy (non-hydrogen) atoms. The van der Waals surface area contributed by atoms with Crippen molar-refractivity contribution < 1.29 is 4.52 Å². The SMILES string of the molecule is Cc1noc(C)c1CN=C(N)C1CCCC1. The van der Waals surface area contributed by atoms with Crippen LogP contribution in [0.3, 0.4) is 0 Å². The molecule has 0 bridgehead atoms. The van der Waals surface area contributed by atoms with Gasteiger partial charge in [0.05, 0.1) is 18.1 Å². The summed E-state index contributed by atoms with van der Waals surface area (Å²) in [6.45, 7) is 4.45. The van der Waals surface area contributed by atoms with Crippen LogP contribution in [0.25, 0.3) is 0 Å². The Morgan fingerprint density at radius 3 is 2.69 bits per heavy atom. The van der Waals surface area contributed by atoms with E-state index in [-0.39, 0.29) is 0 Å². The molecule has 4 heteroatoms. The largest absolute Gasteiger partial charge is 0.387 e. The molecule has 0 aromatic carbocycles. The second kappa shape index (κ2) is 4.68. The van der Waals surface area contributed by atoms with Crippen molar-refractivity contribution in [3.63, 3.8) is 0 Å². The van der Waals surface area contributed by atoms with E-state index in [0.29, 0.717) is 12.5 Å². The average molecular weight is 221 g/mol. The monoisotopic (exact) mass is 221 g/mol. The van der Waals surface area contributed by atoms with Gasteiger partial charge in [-0.2, -0.15) is 0 Å². The van der Waals surface area contributed by atoms with Crippen molar-refractivity contribution in [2.24, 2.45) is 16.6 Å². The van der Waals surface area contributed by atoms with Crippen molar-refractivity contribution in [3.05, 3.63) is 17.0 Å².